The number of benzene rings is 1. The van der Waals surface area contributed by atoms with E-state index in [-0.39, 0.29) is 57.3 Å². The van der Waals surface area contributed by atoms with Gasteiger partial charge in [-0.3, -0.25) is 24.2 Å². The molecule has 10 nitrogen and oxygen atoms in total. The minimum atomic E-state index is -1.21. The Morgan fingerprint density at radius 3 is 2.45 bits per heavy atom. The second-order valence-electron chi connectivity index (χ2n) is 10.0. The van der Waals surface area contributed by atoms with Crippen molar-refractivity contribution in [2.75, 3.05) is 19.8 Å². The van der Waals surface area contributed by atoms with Crippen molar-refractivity contribution < 1.29 is 33.4 Å². The first-order valence-electron chi connectivity index (χ1n) is 12.9. The number of guanidine groups is 1. The number of likely N-dealkylation sites (tertiary alicyclic amines) is 1. The molecule has 1 aliphatic heterocycles. The van der Waals surface area contributed by atoms with Crippen LogP contribution in [0.3, 0.4) is 0 Å². The molecule has 1 aliphatic rings. The number of nitrogens with zero attached hydrogens (tertiary/aromatic N) is 2. The van der Waals surface area contributed by atoms with E-state index in [1.807, 2.05) is 30.3 Å². The molecule has 0 saturated carbocycles. The van der Waals surface area contributed by atoms with Crippen LogP contribution in [0, 0.1) is 17.8 Å². The molecule has 210 valence electrons. The number of esters is 1. The minimum Gasteiger partial charge on any atom is -0.461 e. The number of aliphatic hydroxyl groups excluding tert-OH is 1. The van der Waals surface area contributed by atoms with Gasteiger partial charge in [0.05, 0.1) is 24.5 Å². The number of rotatable bonds is 15. The number of carbonyl (C=O) groups excluding carboxylic acids is 4. The van der Waals surface area contributed by atoms with Gasteiger partial charge in [0.15, 0.2) is 17.5 Å². The van der Waals surface area contributed by atoms with Gasteiger partial charge in [0.2, 0.25) is 5.91 Å². The van der Waals surface area contributed by atoms with Crippen LogP contribution in [-0.4, -0.2) is 71.3 Å². The SMILES string of the molecule is CC(C)[C@H](CC(=O)OCc1ccccc1)C(=O)N1C[C@@H](O)C[C@H]1C(=O)C[C@@H](CCCN=C(N)N)C(=O)CF. The molecule has 0 spiro atoms. The summed E-state index contributed by atoms with van der Waals surface area (Å²) in [5, 5.41) is 10.3. The number of carbonyl (C=O) groups is 4. The molecule has 0 aliphatic carbocycles. The zero-order chi connectivity index (χ0) is 28.2. The highest BCUT2D eigenvalue weighted by atomic mass is 19.1. The molecule has 0 bridgehead atoms. The minimum absolute atomic E-state index is 0.0123. The lowest BCUT2D eigenvalue weighted by atomic mass is 9.88. The van der Waals surface area contributed by atoms with E-state index in [0.717, 1.165) is 5.56 Å². The fraction of sp³-hybridized carbons (Fsp3) is 0.593. The summed E-state index contributed by atoms with van der Waals surface area (Å²) in [7, 11) is 0. The lowest BCUT2D eigenvalue weighted by Gasteiger charge is -2.30. The predicted octanol–water partition coefficient (Wildman–Crippen LogP) is 1.52. The van der Waals surface area contributed by atoms with Crippen molar-refractivity contribution in [3.05, 3.63) is 35.9 Å². The molecule has 4 atom stereocenters. The Bertz CT molecular complexity index is 983. The van der Waals surface area contributed by atoms with Crippen LogP contribution in [0.4, 0.5) is 4.39 Å². The summed E-state index contributed by atoms with van der Waals surface area (Å²) in [6.07, 6.45) is -0.780. The second-order valence-corrected chi connectivity index (χ2v) is 10.0. The Kier molecular flexibility index (Phi) is 12.3. The van der Waals surface area contributed by atoms with Gasteiger partial charge >= 0.3 is 5.97 Å². The van der Waals surface area contributed by atoms with Gasteiger partial charge in [-0.2, -0.15) is 0 Å². The lowest BCUT2D eigenvalue weighted by Crippen LogP contribution is -2.46. The van der Waals surface area contributed by atoms with Gasteiger partial charge in [-0.1, -0.05) is 44.2 Å². The number of aliphatic imine (C=N–C) groups is 1. The average molecular weight is 535 g/mol. The number of amides is 1. The molecule has 1 aromatic carbocycles. The van der Waals surface area contributed by atoms with Crippen LogP contribution in [-0.2, 0) is 30.5 Å². The Morgan fingerprint density at radius 1 is 1.16 bits per heavy atom. The third-order valence-electron chi connectivity index (χ3n) is 6.72. The summed E-state index contributed by atoms with van der Waals surface area (Å²) in [6, 6.07) is 8.18. The summed E-state index contributed by atoms with van der Waals surface area (Å²) < 4.78 is 18.5. The molecule has 0 unspecified atom stereocenters. The van der Waals surface area contributed by atoms with Crippen LogP contribution >= 0.6 is 0 Å². The van der Waals surface area contributed by atoms with E-state index in [4.69, 9.17) is 16.2 Å². The zero-order valence-corrected chi connectivity index (χ0v) is 22.1. The van der Waals surface area contributed by atoms with Gasteiger partial charge in [-0.25, -0.2) is 4.39 Å². The normalized spacial score (nSPS) is 18.6. The van der Waals surface area contributed by atoms with Crippen molar-refractivity contribution in [1.82, 2.24) is 4.90 Å². The fourth-order valence-corrected chi connectivity index (χ4v) is 4.57. The smallest absolute Gasteiger partial charge is 0.306 e. The third kappa shape index (κ3) is 9.51. The highest BCUT2D eigenvalue weighted by Crippen LogP contribution is 2.28. The van der Waals surface area contributed by atoms with E-state index < -0.39 is 54.1 Å². The number of hydrogen-bond donors (Lipinski definition) is 3. The molecule has 2 rings (SSSR count). The number of alkyl halides is 1. The van der Waals surface area contributed by atoms with E-state index in [1.165, 1.54) is 4.90 Å². The highest BCUT2D eigenvalue weighted by molar-refractivity contribution is 5.94. The quantitative estimate of drug-likeness (QED) is 0.132. The predicted molar refractivity (Wildman–Crippen MR) is 139 cm³/mol. The number of nitrogens with two attached hydrogens (primary N) is 2. The molecule has 0 aromatic heterocycles. The van der Waals surface area contributed by atoms with Gasteiger partial charge in [-0.15, -0.1) is 0 Å². The molecule has 0 radical (unpaired) electrons. The maximum absolute atomic E-state index is 13.5. The monoisotopic (exact) mass is 534 g/mol. The van der Waals surface area contributed by atoms with Crippen molar-refractivity contribution >= 4 is 29.4 Å². The van der Waals surface area contributed by atoms with Crippen LogP contribution in [0.25, 0.3) is 0 Å². The van der Waals surface area contributed by atoms with E-state index >= 15 is 0 Å². The number of Topliss-reactive ketones (excluding diaryl/α,β-unsaturated/α-hetero) is 2. The van der Waals surface area contributed by atoms with Gasteiger partial charge in [-0.05, 0) is 24.3 Å². The van der Waals surface area contributed by atoms with E-state index in [9.17, 15) is 28.7 Å². The maximum Gasteiger partial charge on any atom is 0.306 e. The number of ketones is 2. The second kappa shape index (κ2) is 15.2. The zero-order valence-electron chi connectivity index (χ0n) is 22.1. The maximum atomic E-state index is 13.5. The van der Waals surface area contributed by atoms with Crippen molar-refractivity contribution in [2.45, 2.75) is 64.7 Å². The number of aliphatic hydroxyl groups is 1. The number of ether oxygens (including phenoxy) is 1. The van der Waals surface area contributed by atoms with E-state index in [2.05, 4.69) is 4.99 Å². The van der Waals surface area contributed by atoms with Crippen molar-refractivity contribution in [2.24, 2.45) is 34.2 Å². The summed E-state index contributed by atoms with van der Waals surface area (Å²) in [6.45, 7) is 2.62. The molecular formula is C27H39FN4O6. The van der Waals surface area contributed by atoms with Crippen LogP contribution in [0.15, 0.2) is 35.3 Å². The molecule has 38 heavy (non-hydrogen) atoms. The van der Waals surface area contributed by atoms with Crippen LogP contribution in [0.5, 0.6) is 0 Å². The summed E-state index contributed by atoms with van der Waals surface area (Å²) in [5.41, 5.74) is 11.4. The van der Waals surface area contributed by atoms with Crippen molar-refractivity contribution in [3.8, 4) is 0 Å². The van der Waals surface area contributed by atoms with Crippen LogP contribution < -0.4 is 11.5 Å². The summed E-state index contributed by atoms with van der Waals surface area (Å²) in [5.74, 6) is -4.11. The fourth-order valence-electron chi connectivity index (χ4n) is 4.57. The van der Waals surface area contributed by atoms with Gasteiger partial charge in [0, 0.05) is 31.8 Å². The van der Waals surface area contributed by atoms with Crippen molar-refractivity contribution in [3.63, 3.8) is 0 Å². The molecule has 1 fully saturated rings. The molecule has 1 heterocycles. The van der Waals surface area contributed by atoms with Gasteiger partial charge < -0.3 is 26.2 Å². The van der Waals surface area contributed by atoms with Gasteiger partial charge in [0.25, 0.3) is 0 Å². The van der Waals surface area contributed by atoms with Crippen LogP contribution in [0.1, 0.15) is 51.5 Å². The lowest BCUT2D eigenvalue weighted by molar-refractivity contribution is -0.152. The van der Waals surface area contributed by atoms with E-state index in [1.54, 1.807) is 13.8 Å². The molecule has 11 heteroatoms. The standard InChI is InChI=1S/C27H39FN4O6/c1-17(2)21(13-25(36)38-16-18-7-4-3-5-8-18)26(37)32-15-20(33)12-22(32)23(34)11-19(24(35)14-28)9-6-10-31-27(29)30/h3-5,7-8,17,19-22,33H,6,9-16H2,1-2H3,(H4,29,30,31)/t19-,20+,21+,22+/m1/s1. The highest BCUT2D eigenvalue weighted by Gasteiger charge is 2.42. The first-order chi connectivity index (χ1) is 18.0. The molecule has 1 aromatic rings. The number of halogens is 1. The molecule has 1 amide bonds. The molecule has 5 N–H and O–H groups in total. The summed E-state index contributed by atoms with van der Waals surface area (Å²) in [4.78, 5) is 56.5. The Morgan fingerprint density at radius 2 is 1.84 bits per heavy atom. The first kappa shape index (κ1) is 30.9. The average Bonchev–Trinajstić information content (AvgIpc) is 3.28. The first-order valence-corrected chi connectivity index (χ1v) is 12.9. The van der Waals surface area contributed by atoms with Crippen LogP contribution in [0.2, 0.25) is 0 Å². The largest absolute Gasteiger partial charge is 0.461 e. The van der Waals surface area contributed by atoms with Gasteiger partial charge in [0.1, 0.15) is 13.3 Å². The number of hydrogen-bond acceptors (Lipinski definition) is 7. The summed E-state index contributed by atoms with van der Waals surface area (Å²) >= 11 is 0. The molecule has 1 saturated heterocycles. The molecular weight excluding hydrogens is 495 g/mol. The Labute approximate surface area is 222 Å². The Balaban J connectivity index is 2.07. The van der Waals surface area contributed by atoms with Crippen molar-refractivity contribution in [1.29, 1.82) is 0 Å². The van der Waals surface area contributed by atoms with E-state index in [0.29, 0.717) is 6.42 Å². The topological polar surface area (TPSA) is 165 Å². The number of β-amino-alcohol motifs (C(OH)–C–C–N with tert-alkyl or cyclic N) is 1. The third-order valence-corrected chi connectivity index (χ3v) is 6.72. The Hall–Kier alpha value is -3.34.